The zero-order chi connectivity index (χ0) is 8.31. The maximum absolute atomic E-state index is 12.9. The zero-order valence-corrected chi connectivity index (χ0v) is 7.03. The topological polar surface area (TPSA) is 3.24 Å². The molecule has 0 saturated heterocycles. The SMILES string of the molecule is C=C(C)/C(C)=C(/F)N(C)C. The van der Waals surface area contributed by atoms with Crippen LogP contribution in [0.1, 0.15) is 13.8 Å². The standard InChI is InChI=1S/C8H14FN/c1-6(2)7(3)8(9)10(4)5/h1H2,2-5H3/b8-7-. The van der Waals surface area contributed by atoms with Crippen LogP contribution in [0.15, 0.2) is 23.7 Å². The Morgan fingerprint density at radius 3 is 1.80 bits per heavy atom. The van der Waals surface area contributed by atoms with Crippen LogP contribution in [-0.4, -0.2) is 19.0 Å². The van der Waals surface area contributed by atoms with E-state index < -0.39 is 0 Å². The second kappa shape index (κ2) is 3.40. The van der Waals surface area contributed by atoms with Crippen molar-refractivity contribution < 1.29 is 4.39 Å². The van der Waals surface area contributed by atoms with Gasteiger partial charge in [-0.3, -0.25) is 0 Å². The van der Waals surface area contributed by atoms with Crippen LogP contribution >= 0.6 is 0 Å². The van der Waals surface area contributed by atoms with E-state index in [1.807, 2.05) is 0 Å². The van der Waals surface area contributed by atoms with Crippen LogP contribution in [0.4, 0.5) is 4.39 Å². The van der Waals surface area contributed by atoms with Crippen LogP contribution in [0.25, 0.3) is 0 Å². The predicted molar refractivity (Wildman–Crippen MR) is 42.3 cm³/mol. The molecular formula is C8H14FN. The molecule has 1 nitrogen and oxygen atoms in total. The summed E-state index contributed by atoms with van der Waals surface area (Å²) in [6.07, 6.45) is 0. The van der Waals surface area contributed by atoms with E-state index in [1.165, 1.54) is 4.90 Å². The van der Waals surface area contributed by atoms with E-state index in [4.69, 9.17) is 0 Å². The highest BCUT2D eigenvalue weighted by Gasteiger charge is 2.02. The van der Waals surface area contributed by atoms with Gasteiger partial charge in [0, 0.05) is 19.7 Å². The maximum Gasteiger partial charge on any atom is 0.192 e. The molecule has 0 aliphatic rings. The summed E-state index contributed by atoms with van der Waals surface area (Å²) >= 11 is 0. The molecule has 0 aromatic carbocycles. The molecule has 0 unspecified atom stereocenters. The van der Waals surface area contributed by atoms with Crippen molar-refractivity contribution in [2.24, 2.45) is 0 Å². The van der Waals surface area contributed by atoms with Gasteiger partial charge in [0.15, 0.2) is 5.95 Å². The second-order valence-electron chi connectivity index (χ2n) is 2.59. The highest BCUT2D eigenvalue weighted by atomic mass is 19.1. The van der Waals surface area contributed by atoms with Gasteiger partial charge < -0.3 is 4.90 Å². The van der Waals surface area contributed by atoms with Gasteiger partial charge in [0.25, 0.3) is 0 Å². The van der Waals surface area contributed by atoms with E-state index in [0.29, 0.717) is 5.57 Å². The lowest BCUT2D eigenvalue weighted by Gasteiger charge is -2.11. The summed E-state index contributed by atoms with van der Waals surface area (Å²) < 4.78 is 12.9. The first kappa shape index (κ1) is 9.21. The van der Waals surface area contributed by atoms with Crippen LogP contribution in [0.2, 0.25) is 0 Å². The molecule has 0 aromatic rings. The van der Waals surface area contributed by atoms with E-state index in [-0.39, 0.29) is 5.95 Å². The third-order valence-electron chi connectivity index (χ3n) is 1.34. The molecule has 0 amide bonds. The van der Waals surface area contributed by atoms with Crippen molar-refractivity contribution in [2.75, 3.05) is 14.1 Å². The molecule has 0 aromatic heterocycles. The number of hydrogen-bond donors (Lipinski definition) is 0. The number of nitrogens with zero attached hydrogens (tertiary/aromatic N) is 1. The van der Waals surface area contributed by atoms with Crippen LogP contribution in [0.5, 0.6) is 0 Å². The summed E-state index contributed by atoms with van der Waals surface area (Å²) in [6, 6.07) is 0. The van der Waals surface area contributed by atoms with Crippen molar-refractivity contribution >= 4 is 0 Å². The van der Waals surface area contributed by atoms with E-state index in [2.05, 4.69) is 6.58 Å². The van der Waals surface area contributed by atoms with Gasteiger partial charge in [-0.2, -0.15) is 4.39 Å². The van der Waals surface area contributed by atoms with Crippen LogP contribution in [-0.2, 0) is 0 Å². The minimum Gasteiger partial charge on any atom is -0.354 e. The molecule has 2 heteroatoms. The minimum absolute atomic E-state index is 0.215. The Labute approximate surface area is 61.8 Å². The number of rotatable bonds is 2. The Morgan fingerprint density at radius 2 is 1.70 bits per heavy atom. The number of hydrogen-bond acceptors (Lipinski definition) is 1. The quantitative estimate of drug-likeness (QED) is 0.423. The maximum atomic E-state index is 12.9. The highest BCUT2D eigenvalue weighted by Crippen LogP contribution is 2.14. The van der Waals surface area contributed by atoms with E-state index in [0.717, 1.165) is 5.57 Å². The predicted octanol–water partition coefficient (Wildman–Crippen LogP) is 2.33. The van der Waals surface area contributed by atoms with Crippen molar-refractivity contribution in [3.8, 4) is 0 Å². The Balaban J connectivity index is 4.50. The fourth-order valence-electron chi connectivity index (χ4n) is 0.511. The fourth-order valence-corrected chi connectivity index (χ4v) is 0.511. The first-order valence-electron chi connectivity index (χ1n) is 3.16. The van der Waals surface area contributed by atoms with E-state index in [1.54, 1.807) is 27.9 Å². The van der Waals surface area contributed by atoms with Gasteiger partial charge in [-0.1, -0.05) is 12.2 Å². The summed E-state index contributed by atoms with van der Waals surface area (Å²) in [5, 5.41) is 0. The molecule has 0 bridgehead atoms. The minimum atomic E-state index is -0.215. The van der Waals surface area contributed by atoms with Gasteiger partial charge in [0.2, 0.25) is 0 Å². The normalized spacial score (nSPS) is 12.5. The molecule has 58 valence electrons. The molecule has 0 rings (SSSR count). The average Bonchev–Trinajstić information content (AvgIpc) is 1.84. The lowest BCUT2D eigenvalue weighted by Crippen LogP contribution is -2.09. The molecule has 0 fully saturated rings. The molecule has 0 aliphatic carbocycles. The third kappa shape index (κ3) is 2.21. The van der Waals surface area contributed by atoms with Gasteiger partial charge in [0.1, 0.15) is 0 Å². The smallest absolute Gasteiger partial charge is 0.192 e. The summed E-state index contributed by atoms with van der Waals surface area (Å²) in [6.45, 7) is 7.14. The molecule has 0 heterocycles. The van der Waals surface area contributed by atoms with Crippen LogP contribution in [0, 0.1) is 0 Å². The van der Waals surface area contributed by atoms with E-state index >= 15 is 0 Å². The van der Waals surface area contributed by atoms with E-state index in [9.17, 15) is 4.39 Å². The lowest BCUT2D eigenvalue weighted by molar-refractivity contribution is 0.368. The summed E-state index contributed by atoms with van der Waals surface area (Å²) in [7, 11) is 3.34. The lowest BCUT2D eigenvalue weighted by atomic mass is 10.2. The van der Waals surface area contributed by atoms with Gasteiger partial charge in [-0.25, -0.2) is 0 Å². The van der Waals surface area contributed by atoms with Gasteiger partial charge in [0.05, 0.1) is 0 Å². The molecule has 0 radical (unpaired) electrons. The van der Waals surface area contributed by atoms with Gasteiger partial charge >= 0.3 is 0 Å². The van der Waals surface area contributed by atoms with Gasteiger partial charge in [-0.15, -0.1) is 0 Å². The zero-order valence-electron chi connectivity index (χ0n) is 7.03. The third-order valence-corrected chi connectivity index (χ3v) is 1.34. The molecule has 0 aliphatic heterocycles. The first-order chi connectivity index (χ1) is 4.46. The van der Waals surface area contributed by atoms with Crippen LogP contribution < -0.4 is 0 Å². The highest BCUT2D eigenvalue weighted by molar-refractivity contribution is 5.25. The Bertz CT molecular complexity index is 168. The summed E-state index contributed by atoms with van der Waals surface area (Å²) in [4.78, 5) is 1.43. The molecule has 0 atom stereocenters. The van der Waals surface area contributed by atoms with Crippen molar-refractivity contribution in [3.63, 3.8) is 0 Å². The van der Waals surface area contributed by atoms with Crippen molar-refractivity contribution in [1.29, 1.82) is 0 Å². The molecule has 0 saturated carbocycles. The Hall–Kier alpha value is -0.790. The first-order valence-corrected chi connectivity index (χ1v) is 3.16. The Kier molecular flexibility index (Phi) is 3.13. The van der Waals surface area contributed by atoms with Crippen LogP contribution in [0.3, 0.4) is 0 Å². The molecule has 0 spiro atoms. The van der Waals surface area contributed by atoms with Crippen molar-refractivity contribution in [2.45, 2.75) is 13.8 Å². The molecule has 0 N–H and O–H groups in total. The number of allylic oxidation sites excluding steroid dienone is 2. The van der Waals surface area contributed by atoms with Crippen molar-refractivity contribution in [1.82, 2.24) is 4.90 Å². The Morgan fingerprint density at radius 1 is 1.30 bits per heavy atom. The monoisotopic (exact) mass is 143 g/mol. The summed E-state index contributed by atoms with van der Waals surface area (Å²) in [5.41, 5.74) is 1.39. The molecular weight excluding hydrogens is 129 g/mol. The number of halogens is 1. The van der Waals surface area contributed by atoms with Gasteiger partial charge in [-0.05, 0) is 13.8 Å². The molecule has 10 heavy (non-hydrogen) atoms. The van der Waals surface area contributed by atoms with Crippen molar-refractivity contribution in [3.05, 3.63) is 23.7 Å². The largest absolute Gasteiger partial charge is 0.354 e. The average molecular weight is 143 g/mol. The fraction of sp³-hybridized carbons (Fsp3) is 0.500. The summed E-state index contributed by atoms with van der Waals surface area (Å²) in [5.74, 6) is -0.215. The second-order valence-corrected chi connectivity index (χ2v) is 2.59.